The third-order valence-electron chi connectivity index (χ3n) is 9.51. The van der Waals surface area contributed by atoms with E-state index in [9.17, 15) is 15.0 Å². The van der Waals surface area contributed by atoms with E-state index in [0.717, 1.165) is 50.5 Å². The first-order chi connectivity index (χ1) is 16.9. The van der Waals surface area contributed by atoms with Crippen molar-refractivity contribution in [2.75, 3.05) is 6.54 Å². The first kappa shape index (κ1) is 24.3. The van der Waals surface area contributed by atoms with Crippen LogP contribution >= 0.6 is 0 Å². The Labute approximate surface area is 209 Å². The van der Waals surface area contributed by atoms with Crippen molar-refractivity contribution in [3.8, 4) is 5.75 Å². The number of nitrogens with one attached hydrogen (secondary N) is 1. The van der Waals surface area contributed by atoms with Gasteiger partial charge in [0.15, 0.2) is 0 Å². The summed E-state index contributed by atoms with van der Waals surface area (Å²) in [6.07, 6.45) is 7.49. The monoisotopic (exact) mass is 476 g/mol. The SMILES string of the molecule is C[C@]12CC[C@@H]3c4ccc(O)cc4CC[C@H]3[C@@H]1C[C@H](CCCNC(=O)[C@@H](N)Cc1ccccc1)[C@@H]2O. The third kappa shape index (κ3) is 4.73. The number of hydrogen-bond acceptors (Lipinski definition) is 4. The van der Waals surface area contributed by atoms with Crippen LogP contribution in [0.1, 0.15) is 68.1 Å². The summed E-state index contributed by atoms with van der Waals surface area (Å²) in [6, 6.07) is 15.3. The summed E-state index contributed by atoms with van der Waals surface area (Å²) in [5.41, 5.74) is 9.90. The van der Waals surface area contributed by atoms with E-state index in [4.69, 9.17) is 5.73 Å². The summed E-state index contributed by atoms with van der Waals surface area (Å²) in [5.74, 6) is 2.26. The normalized spacial score (nSPS) is 32.3. The van der Waals surface area contributed by atoms with Crippen molar-refractivity contribution in [3.63, 3.8) is 0 Å². The van der Waals surface area contributed by atoms with Crippen LogP contribution in [0.25, 0.3) is 0 Å². The van der Waals surface area contributed by atoms with E-state index in [1.54, 1.807) is 0 Å². The quantitative estimate of drug-likeness (QED) is 0.448. The van der Waals surface area contributed by atoms with Crippen LogP contribution in [0, 0.1) is 23.2 Å². The number of phenolic OH excluding ortho intramolecular Hbond substituents is 1. The van der Waals surface area contributed by atoms with E-state index in [1.807, 2.05) is 42.5 Å². The van der Waals surface area contributed by atoms with Gasteiger partial charge in [0.25, 0.3) is 0 Å². The average Bonchev–Trinajstić information content (AvgIpc) is 3.12. The van der Waals surface area contributed by atoms with Gasteiger partial charge >= 0.3 is 0 Å². The molecule has 0 bridgehead atoms. The highest BCUT2D eigenvalue weighted by Crippen LogP contribution is 2.62. The Morgan fingerprint density at radius 3 is 2.80 bits per heavy atom. The van der Waals surface area contributed by atoms with Gasteiger partial charge in [0.2, 0.25) is 5.91 Å². The number of rotatable bonds is 7. The van der Waals surface area contributed by atoms with Crippen molar-refractivity contribution in [2.45, 2.75) is 76.4 Å². The molecule has 5 heteroatoms. The lowest BCUT2D eigenvalue weighted by Crippen LogP contribution is -2.44. The van der Waals surface area contributed by atoms with Gasteiger partial charge in [-0.25, -0.2) is 0 Å². The zero-order valence-electron chi connectivity index (χ0n) is 20.8. The molecule has 1 amide bonds. The van der Waals surface area contributed by atoms with Crippen molar-refractivity contribution in [3.05, 3.63) is 65.2 Å². The molecule has 0 unspecified atom stereocenters. The number of aryl methyl sites for hydroxylation is 1. The minimum absolute atomic E-state index is 0.0124. The lowest BCUT2D eigenvalue weighted by Gasteiger charge is -2.50. The average molecular weight is 477 g/mol. The molecule has 2 saturated carbocycles. The predicted octanol–water partition coefficient (Wildman–Crippen LogP) is 4.30. The van der Waals surface area contributed by atoms with Gasteiger partial charge in [-0.15, -0.1) is 0 Å². The lowest BCUT2D eigenvalue weighted by molar-refractivity contribution is -0.122. The van der Waals surface area contributed by atoms with Crippen molar-refractivity contribution in [2.24, 2.45) is 28.9 Å². The van der Waals surface area contributed by atoms with E-state index < -0.39 is 6.04 Å². The van der Waals surface area contributed by atoms with Crippen molar-refractivity contribution < 1.29 is 15.0 Å². The van der Waals surface area contributed by atoms with Gasteiger partial charge in [-0.2, -0.15) is 0 Å². The maximum Gasteiger partial charge on any atom is 0.237 e. The second kappa shape index (κ2) is 9.94. The van der Waals surface area contributed by atoms with Gasteiger partial charge in [-0.05, 0) is 109 Å². The summed E-state index contributed by atoms with van der Waals surface area (Å²) in [7, 11) is 0. The Bertz CT molecular complexity index is 1040. The molecule has 5 N–H and O–H groups in total. The highest BCUT2D eigenvalue weighted by atomic mass is 16.3. The molecule has 7 atom stereocenters. The molecule has 0 heterocycles. The number of nitrogens with two attached hydrogens (primary N) is 1. The third-order valence-corrected chi connectivity index (χ3v) is 9.51. The number of aliphatic hydroxyl groups is 1. The molecular weight excluding hydrogens is 436 g/mol. The lowest BCUT2D eigenvalue weighted by atomic mass is 9.55. The molecule has 3 aliphatic rings. The van der Waals surface area contributed by atoms with Gasteiger partial charge in [-0.1, -0.05) is 43.3 Å². The highest BCUT2D eigenvalue weighted by molar-refractivity contribution is 5.81. The summed E-state index contributed by atoms with van der Waals surface area (Å²) in [6.45, 7) is 2.92. The fourth-order valence-corrected chi connectivity index (χ4v) is 7.66. The largest absolute Gasteiger partial charge is 0.508 e. The highest BCUT2D eigenvalue weighted by Gasteiger charge is 2.57. The van der Waals surface area contributed by atoms with E-state index >= 15 is 0 Å². The van der Waals surface area contributed by atoms with Crippen molar-refractivity contribution in [1.29, 1.82) is 0 Å². The number of fused-ring (bicyclic) bond motifs is 5. The molecule has 0 saturated heterocycles. The molecule has 0 spiro atoms. The van der Waals surface area contributed by atoms with Crippen LogP contribution in [0.5, 0.6) is 5.75 Å². The van der Waals surface area contributed by atoms with Crippen molar-refractivity contribution in [1.82, 2.24) is 5.32 Å². The molecule has 2 aromatic carbocycles. The van der Waals surface area contributed by atoms with E-state index in [2.05, 4.69) is 18.3 Å². The van der Waals surface area contributed by atoms with E-state index in [1.165, 1.54) is 11.1 Å². The topological polar surface area (TPSA) is 95.6 Å². The van der Waals surface area contributed by atoms with Crippen LogP contribution in [0.3, 0.4) is 0 Å². The summed E-state index contributed by atoms with van der Waals surface area (Å²) < 4.78 is 0. The molecular formula is C30H40N2O3. The maximum absolute atomic E-state index is 12.4. The minimum atomic E-state index is -0.538. The Hall–Kier alpha value is -2.37. The summed E-state index contributed by atoms with van der Waals surface area (Å²) >= 11 is 0. The summed E-state index contributed by atoms with van der Waals surface area (Å²) in [4.78, 5) is 12.4. The van der Waals surface area contributed by atoms with Gasteiger partial charge in [0.1, 0.15) is 5.75 Å². The number of amides is 1. The first-order valence-corrected chi connectivity index (χ1v) is 13.4. The zero-order valence-corrected chi connectivity index (χ0v) is 20.8. The molecule has 0 aromatic heterocycles. The van der Waals surface area contributed by atoms with Crippen LogP contribution < -0.4 is 11.1 Å². The number of benzene rings is 2. The Balaban J connectivity index is 1.14. The first-order valence-electron chi connectivity index (χ1n) is 13.4. The number of phenols is 1. The number of carbonyl (C=O) groups excluding carboxylic acids is 1. The smallest absolute Gasteiger partial charge is 0.237 e. The van der Waals surface area contributed by atoms with Crippen LogP contribution in [-0.2, 0) is 17.6 Å². The molecule has 2 fully saturated rings. The molecule has 5 rings (SSSR count). The molecule has 0 radical (unpaired) electrons. The van der Waals surface area contributed by atoms with E-state index in [-0.39, 0.29) is 17.4 Å². The van der Waals surface area contributed by atoms with Crippen LogP contribution in [0.2, 0.25) is 0 Å². The number of aromatic hydroxyl groups is 1. The maximum atomic E-state index is 12.4. The Kier molecular flexibility index (Phi) is 6.91. The molecule has 2 aromatic rings. The zero-order chi connectivity index (χ0) is 24.6. The minimum Gasteiger partial charge on any atom is -0.508 e. The number of carbonyl (C=O) groups is 1. The fraction of sp³-hybridized carbons (Fsp3) is 0.567. The standard InChI is InChI=1S/C30H40N2O3/c1-30-14-13-24-23-12-10-22(33)17-20(23)9-11-25(24)26(30)18-21(28(30)34)8-5-15-32-29(35)27(31)16-19-6-3-2-4-7-19/h2-4,6-7,10,12,17,21,24-28,33-34H,5,8-9,11,13-16,18,31H2,1H3,(H,32,35)/t21-,24+,25+,26-,27-,28-,30-/m0/s1. The van der Waals surface area contributed by atoms with Gasteiger partial charge < -0.3 is 21.3 Å². The van der Waals surface area contributed by atoms with Crippen LogP contribution in [0.4, 0.5) is 0 Å². The van der Waals surface area contributed by atoms with Crippen molar-refractivity contribution >= 4 is 5.91 Å². The second-order valence-corrected chi connectivity index (χ2v) is 11.5. The molecule has 188 valence electrons. The predicted molar refractivity (Wildman–Crippen MR) is 138 cm³/mol. The Morgan fingerprint density at radius 1 is 1.20 bits per heavy atom. The summed E-state index contributed by atoms with van der Waals surface area (Å²) in [5, 5.41) is 24.3. The van der Waals surface area contributed by atoms with Crippen LogP contribution in [-0.4, -0.2) is 34.8 Å². The van der Waals surface area contributed by atoms with Crippen LogP contribution in [0.15, 0.2) is 48.5 Å². The van der Waals surface area contributed by atoms with Gasteiger partial charge in [0.05, 0.1) is 12.1 Å². The number of aliphatic hydroxyl groups excluding tert-OH is 1. The molecule has 5 nitrogen and oxygen atoms in total. The fourth-order valence-electron chi connectivity index (χ4n) is 7.66. The second-order valence-electron chi connectivity index (χ2n) is 11.5. The van der Waals surface area contributed by atoms with E-state index in [0.29, 0.717) is 42.4 Å². The molecule has 3 aliphatic carbocycles. The number of hydrogen-bond donors (Lipinski definition) is 4. The van der Waals surface area contributed by atoms with Gasteiger partial charge in [0, 0.05) is 6.54 Å². The molecule has 0 aliphatic heterocycles. The van der Waals surface area contributed by atoms with Gasteiger partial charge in [-0.3, -0.25) is 4.79 Å². The Morgan fingerprint density at radius 2 is 2.00 bits per heavy atom. The molecule has 35 heavy (non-hydrogen) atoms.